The molecule has 1 aromatic carbocycles. The Bertz CT molecular complexity index is 312. The van der Waals surface area contributed by atoms with Crippen LogP contribution in [0.1, 0.15) is 25.5 Å². The molecule has 0 aliphatic heterocycles. The van der Waals surface area contributed by atoms with E-state index in [1.165, 1.54) is 6.07 Å². The predicted molar refractivity (Wildman–Crippen MR) is 60.7 cm³/mol. The van der Waals surface area contributed by atoms with Gasteiger partial charge in [-0.1, -0.05) is 29.8 Å². The molecule has 1 rings (SSSR count). The first-order valence-electron chi connectivity index (χ1n) is 4.68. The summed E-state index contributed by atoms with van der Waals surface area (Å²) in [5.41, 5.74) is 0.975. The van der Waals surface area contributed by atoms with Gasteiger partial charge in [0.05, 0.1) is 0 Å². The first-order valence-corrected chi connectivity index (χ1v) is 5.47. The molecule has 0 amide bonds. The van der Waals surface area contributed by atoms with Crippen molar-refractivity contribution >= 4 is 15.9 Å². The molecule has 0 aliphatic rings. The van der Waals surface area contributed by atoms with Crippen LogP contribution in [0.15, 0.2) is 22.7 Å². The molecule has 14 heavy (non-hydrogen) atoms. The standard InChI is InChI=1S/C11H15BrFN/c1-7(2)11(14-3)9-6-8(13)4-5-10(9)12/h4-7,11,14H,1-3H3. The average Bonchev–Trinajstić information content (AvgIpc) is 2.11. The molecule has 0 saturated carbocycles. The van der Waals surface area contributed by atoms with Gasteiger partial charge >= 0.3 is 0 Å². The molecule has 1 unspecified atom stereocenters. The van der Waals surface area contributed by atoms with Gasteiger partial charge in [-0.3, -0.25) is 0 Å². The molecular formula is C11H15BrFN. The molecule has 1 atom stereocenters. The van der Waals surface area contributed by atoms with Gasteiger partial charge in [0, 0.05) is 10.5 Å². The molecule has 0 fully saturated rings. The van der Waals surface area contributed by atoms with Gasteiger partial charge in [-0.15, -0.1) is 0 Å². The Balaban J connectivity index is 3.08. The first-order chi connectivity index (χ1) is 6.56. The van der Waals surface area contributed by atoms with Crippen molar-refractivity contribution in [2.45, 2.75) is 19.9 Å². The Morgan fingerprint density at radius 1 is 1.36 bits per heavy atom. The minimum absolute atomic E-state index is 0.181. The Morgan fingerprint density at radius 2 is 2.00 bits per heavy atom. The van der Waals surface area contributed by atoms with E-state index in [0.717, 1.165) is 10.0 Å². The van der Waals surface area contributed by atoms with Crippen LogP contribution in [0.25, 0.3) is 0 Å². The topological polar surface area (TPSA) is 12.0 Å². The number of nitrogens with one attached hydrogen (secondary N) is 1. The molecule has 1 N–H and O–H groups in total. The van der Waals surface area contributed by atoms with E-state index >= 15 is 0 Å². The predicted octanol–water partition coefficient (Wildman–Crippen LogP) is 3.50. The average molecular weight is 260 g/mol. The molecule has 0 aromatic heterocycles. The van der Waals surface area contributed by atoms with E-state index in [1.807, 2.05) is 7.05 Å². The SMILES string of the molecule is CNC(c1cc(F)ccc1Br)C(C)C. The molecule has 1 nitrogen and oxygen atoms in total. The lowest BCUT2D eigenvalue weighted by Gasteiger charge is -2.21. The summed E-state index contributed by atoms with van der Waals surface area (Å²) in [6.45, 7) is 4.22. The van der Waals surface area contributed by atoms with Crippen molar-refractivity contribution in [1.82, 2.24) is 5.32 Å². The third kappa shape index (κ3) is 2.55. The second-order valence-electron chi connectivity index (χ2n) is 3.68. The van der Waals surface area contributed by atoms with Gasteiger partial charge in [-0.2, -0.15) is 0 Å². The molecule has 0 saturated heterocycles. The summed E-state index contributed by atoms with van der Waals surface area (Å²) in [4.78, 5) is 0. The fourth-order valence-electron chi connectivity index (χ4n) is 1.60. The number of halogens is 2. The van der Waals surface area contributed by atoms with E-state index in [0.29, 0.717) is 5.92 Å². The van der Waals surface area contributed by atoms with Crippen LogP contribution >= 0.6 is 15.9 Å². The van der Waals surface area contributed by atoms with Gasteiger partial charge in [-0.05, 0) is 36.7 Å². The normalized spacial score (nSPS) is 13.3. The van der Waals surface area contributed by atoms with Crippen molar-refractivity contribution in [3.8, 4) is 0 Å². The summed E-state index contributed by atoms with van der Waals surface area (Å²) in [6.07, 6.45) is 0. The van der Waals surface area contributed by atoms with Crippen molar-refractivity contribution in [3.05, 3.63) is 34.1 Å². The molecule has 0 heterocycles. The molecule has 0 spiro atoms. The first kappa shape index (κ1) is 11.7. The van der Waals surface area contributed by atoms with Crippen LogP contribution in [0.3, 0.4) is 0 Å². The summed E-state index contributed by atoms with van der Waals surface area (Å²) < 4.78 is 14.0. The number of hydrogen-bond acceptors (Lipinski definition) is 1. The smallest absolute Gasteiger partial charge is 0.123 e. The van der Waals surface area contributed by atoms with E-state index in [9.17, 15) is 4.39 Å². The zero-order valence-corrected chi connectivity index (χ0v) is 10.2. The van der Waals surface area contributed by atoms with Gasteiger partial charge in [0.2, 0.25) is 0 Å². The van der Waals surface area contributed by atoms with Crippen molar-refractivity contribution in [2.75, 3.05) is 7.05 Å². The molecule has 78 valence electrons. The summed E-state index contributed by atoms with van der Waals surface area (Å²) >= 11 is 3.43. The van der Waals surface area contributed by atoms with Crippen LogP contribution < -0.4 is 5.32 Å². The number of rotatable bonds is 3. The second kappa shape index (κ2) is 4.89. The lowest BCUT2D eigenvalue weighted by Crippen LogP contribution is -2.22. The largest absolute Gasteiger partial charge is 0.313 e. The maximum absolute atomic E-state index is 13.1. The quantitative estimate of drug-likeness (QED) is 0.877. The molecule has 0 radical (unpaired) electrons. The number of hydrogen-bond donors (Lipinski definition) is 1. The Labute approximate surface area is 92.8 Å². The molecular weight excluding hydrogens is 245 g/mol. The third-order valence-electron chi connectivity index (χ3n) is 2.27. The molecule has 1 aromatic rings. The summed E-state index contributed by atoms with van der Waals surface area (Å²) in [7, 11) is 1.89. The number of benzene rings is 1. The Hall–Kier alpha value is -0.410. The summed E-state index contributed by atoms with van der Waals surface area (Å²) in [5.74, 6) is 0.238. The van der Waals surface area contributed by atoms with Crippen LogP contribution in [0.2, 0.25) is 0 Å². The third-order valence-corrected chi connectivity index (χ3v) is 2.99. The van der Waals surface area contributed by atoms with Crippen LogP contribution in [0.5, 0.6) is 0 Å². The van der Waals surface area contributed by atoms with E-state index in [2.05, 4.69) is 35.1 Å². The van der Waals surface area contributed by atoms with Gasteiger partial charge < -0.3 is 5.32 Å². The van der Waals surface area contributed by atoms with Crippen molar-refractivity contribution in [3.63, 3.8) is 0 Å². The maximum atomic E-state index is 13.1. The van der Waals surface area contributed by atoms with E-state index in [1.54, 1.807) is 12.1 Å². The molecule has 0 aliphatic carbocycles. The highest BCUT2D eigenvalue weighted by atomic mass is 79.9. The zero-order chi connectivity index (χ0) is 10.7. The summed E-state index contributed by atoms with van der Waals surface area (Å²) in [5, 5.41) is 3.19. The Kier molecular flexibility index (Phi) is 4.08. The monoisotopic (exact) mass is 259 g/mol. The maximum Gasteiger partial charge on any atom is 0.123 e. The lowest BCUT2D eigenvalue weighted by atomic mass is 9.96. The highest BCUT2D eigenvalue weighted by Gasteiger charge is 2.16. The van der Waals surface area contributed by atoms with Crippen molar-refractivity contribution in [1.29, 1.82) is 0 Å². The van der Waals surface area contributed by atoms with E-state index < -0.39 is 0 Å². The lowest BCUT2D eigenvalue weighted by molar-refractivity contribution is 0.439. The Morgan fingerprint density at radius 3 is 2.50 bits per heavy atom. The van der Waals surface area contributed by atoms with Gasteiger partial charge in [0.25, 0.3) is 0 Å². The molecule has 0 bridgehead atoms. The highest BCUT2D eigenvalue weighted by Crippen LogP contribution is 2.28. The van der Waals surface area contributed by atoms with Crippen LogP contribution in [-0.4, -0.2) is 7.05 Å². The second-order valence-corrected chi connectivity index (χ2v) is 4.53. The van der Waals surface area contributed by atoms with Crippen molar-refractivity contribution < 1.29 is 4.39 Å². The van der Waals surface area contributed by atoms with Gasteiger partial charge in [0.15, 0.2) is 0 Å². The van der Waals surface area contributed by atoms with Crippen molar-refractivity contribution in [2.24, 2.45) is 5.92 Å². The van der Waals surface area contributed by atoms with E-state index in [4.69, 9.17) is 0 Å². The highest BCUT2D eigenvalue weighted by molar-refractivity contribution is 9.10. The van der Waals surface area contributed by atoms with Gasteiger partial charge in [0.1, 0.15) is 5.82 Å². The van der Waals surface area contributed by atoms with Gasteiger partial charge in [-0.25, -0.2) is 4.39 Å². The zero-order valence-electron chi connectivity index (χ0n) is 8.64. The van der Waals surface area contributed by atoms with Crippen LogP contribution in [0.4, 0.5) is 4.39 Å². The van der Waals surface area contributed by atoms with E-state index in [-0.39, 0.29) is 11.9 Å². The minimum Gasteiger partial charge on any atom is -0.313 e. The van der Waals surface area contributed by atoms with Crippen LogP contribution in [0, 0.1) is 11.7 Å². The fourth-order valence-corrected chi connectivity index (χ4v) is 2.09. The minimum atomic E-state index is -0.191. The van der Waals surface area contributed by atoms with Crippen LogP contribution in [-0.2, 0) is 0 Å². The molecule has 3 heteroatoms. The fraction of sp³-hybridized carbons (Fsp3) is 0.455. The summed E-state index contributed by atoms with van der Waals surface area (Å²) in [6, 6.07) is 4.96.